The van der Waals surface area contributed by atoms with E-state index < -0.39 is 23.7 Å². The molecule has 1 N–H and O–H groups in total. The zero-order valence-electron chi connectivity index (χ0n) is 22.3. The Labute approximate surface area is 222 Å². The van der Waals surface area contributed by atoms with E-state index in [2.05, 4.69) is 25.8 Å². The molecule has 2 aromatic carbocycles. The number of hydrogen-bond donors (Lipinski definition) is 1. The molecule has 1 aliphatic rings. The lowest BCUT2D eigenvalue weighted by molar-refractivity contribution is -0.132. The fourth-order valence-corrected chi connectivity index (χ4v) is 4.48. The van der Waals surface area contributed by atoms with Crippen LogP contribution >= 0.6 is 0 Å². The summed E-state index contributed by atoms with van der Waals surface area (Å²) in [4.78, 5) is 44.7. The quantitative estimate of drug-likeness (QED) is 0.192. The number of aliphatic hydroxyl groups is 1. The fraction of sp³-hybridized carbons (Fsp3) is 0.290. The smallest absolute Gasteiger partial charge is 0.338 e. The van der Waals surface area contributed by atoms with Gasteiger partial charge < -0.3 is 9.84 Å². The second-order valence-corrected chi connectivity index (χ2v) is 10.4. The van der Waals surface area contributed by atoms with E-state index in [1.807, 2.05) is 32.0 Å². The number of aryl methyl sites for hydroxylation is 1. The molecule has 38 heavy (non-hydrogen) atoms. The fourth-order valence-electron chi connectivity index (χ4n) is 4.48. The molecule has 0 bridgehead atoms. The molecule has 1 amide bonds. The first-order valence-electron chi connectivity index (χ1n) is 12.6. The number of benzene rings is 2. The lowest BCUT2D eigenvalue weighted by atomic mass is 9.84. The van der Waals surface area contributed by atoms with E-state index in [-0.39, 0.29) is 16.7 Å². The number of aromatic nitrogens is 1. The van der Waals surface area contributed by atoms with Crippen LogP contribution in [0, 0.1) is 6.92 Å². The van der Waals surface area contributed by atoms with Gasteiger partial charge in [0, 0.05) is 23.6 Å². The van der Waals surface area contributed by atoms with E-state index in [1.165, 1.54) is 4.90 Å². The number of nitrogens with zero attached hydrogens (tertiary/aromatic N) is 2. The predicted molar refractivity (Wildman–Crippen MR) is 146 cm³/mol. The standard InChI is InChI=1S/C31H32N2O5/c1-6-16-38-30(37)20-10-13-23(14-11-20)33-26(21-8-7-15-32-18-21)25(28(35)29(33)36)27(34)24-17-22(31(3,4)5)12-9-19(24)2/h7-15,17-18,26,34H,6,16H2,1-5H3/b27-25+. The summed E-state index contributed by atoms with van der Waals surface area (Å²) in [6.45, 7) is 10.3. The summed E-state index contributed by atoms with van der Waals surface area (Å²) in [5.74, 6) is -2.25. The van der Waals surface area contributed by atoms with Crippen LogP contribution in [0.1, 0.15) is 72.8 Å². The molecule has 0 spiro atoms. The SMILES string of the molecule is CCCOC(=O)c1ccc(N2C(=O)C(=O)/C(=C(/O)c3cc(C(C)(C)C)ccc3C)C2c2cccnc2)cc1. The molecular formula is C31H32N2O5. The van der Waals surface area contributed by atoms with Crippen LogP contribution in [-0.4, -0.2) is 34.4 Å². The Kier molecular flexibility index (Phi) is 7.49. The molecule has 1 aliphatic heterocycles. The van der Waals surface area contributed by atoms with E-state index >= 15 is 0 Å². The molecular weight excluding hydrogens is 480 g/mol. The van der Waals surface area contributed by atoms with Gasteiger partial charge in [0.25, 0.3) is 11.7 Å². The van der Waals surface area contributed by atoms with Crippen molar-refractivity contribution in [3.05, 3.63) is 100 Å². The third kappa shape index (κ3) is 5.09. The topological polar surface area (TPSA) is 96.8 Å². The minimum absolute atomic E-state index is 0.0106. The average Bonchev–Trinajstić information content (AvgIpc) is 3.17. The Bertz CT molecular complexity index is 1400. The zero-order chi connectivity index (χ0) is 27.6. The molecule has 1 saturated heterocycles. The van der Waals surface area contributed by atoms with E-state index in [0.29, 0.717) is 35.4 Å². The van der Waals surface area contributed by atoms with Crippen LogP contribution in [0.15, 0.2) is 72.6 Å². The third-order valence-electron chi connectivity index (χ3n) is 6.62. The van der Waals surface area contributed by atoms with Gasteiger partial charge in [-0.05, 0) is 71.8 Å². The zero-order valence-corrected chi connectivity index (χ0v) is 22.3. The van der Waals surface area contributed by atoms with Crippen molar-refractivity contribution in [2.75, 3.05) is 11.5 Å². The van der Waals surface area contributed by atoms with Crippen molar-refractivity contribution in [1.29, 1.82) is 0 Å². The van der Waals surface area contributed by atoms with Crippen molar-refractivity contribution in [2.24, 2.45) is 0 Å². The van der Waals surface area contributed by atoms with E-state index in [1.54, 1.807) is 48.8 Å². The van der Waals surface area contributed by atoms with Crippen molar-refractivity contribution in [3.8, 4) is 0 Å². The highest BCUT2D eigenvalue weighted by Crippen LogP contribution is 2.42. The van der Waals surface area contributed by atoms with Gasteiger partial charge in [0.2, 0.25) is 0 Å². The van der Waals surface area contributed by atoms with Crippen molar-refractivity contribution < 1.29 is 24.2 Å². The molecule has 2 heterocycles. The number of amides is 1. The molecule has 1 unspecified atom stereocenters. The van der Waals surface area contributed by atoms with E-state index in [9.17, 15) is 19.5 Å². The normalized spacial score (nSPS) is 17.1. The van der Waals surface area contributed by atoms with Gasteiger partial charge in [-0.15, -0.1) is 0 Å². The average molecular weight is 513 g/mol. The minimum Gasteiger partial charge on any atom is -0.507 e. The summed E-state index contributed by atoms with van der Waals surface area (Å²) in [5.41, 5.74) is 3.39. The van der Waals surface area contributed by atoms with Crippen LogP contribution in [0.4, 0.5) is 5.69 Å². The maximum absolute atomic E-state index is 13.5. The monoisotopic (exact) mass is 512 g/mol. The van der Waals surface area contributed by atoms with Gasteiger partial charge in [0.15, 0.2) is 0 Å². The number of hydrogen-bond acceptors (Lipinski definition) is 6. The summed E-state index contributed by atoms with van der Waals surface area (Å²) >= 11 is 0. The van der Waals surface area contributed by atoms with E-state index in [4.69, 9.17) is 4.74 Å². The third-order valence-corrected chi connectivity index (χ3v) is 6.62. The van der Waals surface area contributed by atoms with Crippen molar-refractivity contribution >= 4 is 29.1 Å². The highest BCUT2D eigenvalue weighted by molar-refractivity contribution is 6.51. The lowest BCUT2D eigenvalue weighted by Gasteiger charge is -2.26. The molecule has 1 aromatic heterocycles. The molecule has 1 atom stereocenters. The Morgan fingerprint density at radius 3 is 2.39 bits per heavy atom. The van der Waals surface area contributed by atoms with Gasteiger partial charge in [0.05, 0.1) is 23.8 Å². The van der Waals surface area contributed by atoms with Gasteiger partial charge in [-0.25, -0.2) is 4.79 Å². The Hall–Kier alpha value is -4.26. The number of pyridine rings is 1. The van der Waals surface area contributed by atoms with Crippen LogP contribution in [0.5, 0.6) is 0 Å². The highest BCUT2D eigenvalue weighted by Gasteiger charge is 2.47. The number of Topliss-reactive ketones (excluding diaryl/α,β-unsaturated/α-hetero) is 1. The van der Waals surface area contributed by atoms with Crippen LogP contribution in [-0.2, 0) is 19.7 Å². The van der Waals surface area contributed by atoms with Crippen molar-refractivity contribution in [3.63, 3.8) is 0 Å². The molecule has 0 aliphatic carbocycles. The van der Waals surface area contributed by atoms with Crippen LogP contribution in [0.2, 0.25) is 0 Å². The summed E-state index contributed by atoms with van der Waals surface area (Å²) < 4.78 is 5.19. The summed E-state index contributed by atoms with van der Waals surface area (Å²) in [6.07, 6.45) is 3.88. The van der Waals surface area contributed by atoms with Gasteiger partial charge in [-0.2, -0.15) is 0 Å². The summed E-state index contributed by atoms with van der Waals surface area (Å²) in [5, 5.41) is 11.6. The number of rotatable bonds is 6. The summed E-state index contributed by atoms with van der Waals surface area (Å²) in [7, 11) is 0. The first-order chi connectivity index (χ1) is 18.0. The maximum atomic E-state index is 13.5. The number of ether oxygens (including phenoxy) is 1. The predicted octanol–water partition coefficient (Wildman–Crippen LogP) is 5.88. The largest absolute Gasteiger partial charge is 0.507 e. The second kappa shape index (κ2) is 10.6. The van der Waals surface area contributed by atoms with Crippen LogP contribution < -0.4 is 4.90 Å². The number of anilines is 1. The van der Waals surface area contributed by atoms with Crippen molar-refractivity contribution in [1.82, 2.24) is 4.98 Å². The second-order valence-electron chi connectivity index (χ2n) is 10.4. The number of esters is 1. The molecule has 1 fully saturated rings. The molecule has 7 nitrogen and oxygen atoms in total. The Morgan fingerprint density at radius 2 is 1.79 bits per heavy atom. The number of aliphatic hydroxyl groups excluding tert-OH is 1. The van der Waals surface area contributed by atoms with Gasteiger partial charge in [0.1, 0.15) is 5.76 Å². The van der Waals surface area contributed by atoms with Gasteiger partial charge in [-0.1, -0.05) is 45.9 Å². The molecule has 196 valence electrons. The molecule has 3 aromatic rings. The Morgan fingerprint density at radius 1 is 1.08 bits per heavy atom. The summed E-state index contributed by atoms with van der Waals surface area (Å²) in [6, 6.07) is 14.7. The minimum atomic E-state index is -0.903. The highest BCUT2D eigenvalue weighted by atomic mass is 16.5. The number of carbonyl (C=O) groups is 3. The van der Waals surface area contributed by atoms with Crippen LogP contribution in [0.3, 0.4) is 0 Å². The number of ketones is 1. The van der Waals surface area contributed by atoms with Gasteiger partial charge >= 0.3 is 5.97 Å². The van der Waals surface area contributed by atoms with Crippen LogP contribution in [0.25, 0.3) is 5.76 Å². The first kappa shape index (κ1) is 26.8. The number of carbonyl (C=O) groups excluding carboxylic acids is 3. The van der Waals surface area contributed by atoms with Gasteiger partial charge in [-0.3, -0.25) is 19.5 Å². The molecule has 0 radical (unpaired) electrons. The Balaban J connectivity index is 1.86. The molecule has 0 saturated carbocycles. The maximum Gasteiger partial charge on any atom is 0.338 e. The van der Waals surface area contributed by atoms with E-state index in [0.717, 1.165) is 11.1 Å². The van der Waals surface area contributed by atoms with Crippen molar-refractivity contribution in [2.45, 2.75) is 52.5 Å². The lowest BCUT2D eigenvalue weighted by Crippen LogP contribution is -2.29. The molecule has 4 rings (SSSR count). The first-order valence-corrected chi connectivity index (χ1v) is 12.6. The molecule has 7 heteroatoms.